The Morgan fingerprint density at radius 2 is 2.00 bits per heavy atom. The molecule has 2 aromatic rings. The van der Waals surface area contributed by atoms with Gasteiger partial charge in [-0.05, 0) is 49.1 Å². The van der Waals surface area contributed by atoms with Crippen LogP contribution in [0.4, 0.5) is 0 Å². The van der Waals surface area contributed by atoms with Crippen LogP contribution in [0.1, 0.15) is 48.0 Å². The van der Waals surface area contributed by atoms with E-state index in [0.717, 1.165) is 29.1 Å². The van der Waals surface area contributed by atoms with Crippen LogP contribution in [0.25, 0.3) is 0 Å². The highest BCUT2D eigenvalue weighted by molar-refractivity contribution is 7.10. The Bertz CT molecular complexity index is 594. The van der Waals surface area contributed by atoms with Gasteiger partial charge in [-0.3, -0.25) is 4.79 Å². The van der Waals surface area contributed by atoms with E-state index in [-0.39, 0.29) is 17.9 Å². The minimum absolute atomic E-state index is 0.0838. The summed E-state index contributed by atoms with van der Waals surface area (Å²) in [6.45, 7) is 2.80. The second-order valence-electron chi connectivity index (χ2n) is 5.83. The summed E-state index contributed by atoms with van der Waals surface area (Å²) >= 11 is 3.21. The lowest BCUT2D eigenvalue weighted by Crippen LogP contribution is -2.38. The molecule has 1 N–H and O–H groups in total. The Morgan fingerprint density at radius 1 is 1.32 bits per heavy atom. The Labute approximate surface area is 139 Å². The highest BCUT2D eigenvalue weighted by atomic mass is 32.1. The average Bonchev–Trinajstić information content (AvgIpc) is 3.25. The monoisotopic (exact) mass is 335 g/mol. The van der Waals surface area contributed by atoms with Crippen LogP contribution < -0.4 is 0 Å². The zero-order valence-corrected chi connectivity index (χ0v) is 14.3. The maximum absolute atomic E-state index is 12.8. The number of amides is 1. The molecule has 0 spiro atoms. The van der Waals surface area contributed by atoms with Crippen LogP contribution in [-0.4, -0.2) is 28.5 Å². The maximum Gasteiger partial charge on any atom is 0.230 e. The molecule has 0 aliphatic carbocycles. The van der Waals surface area contributed by atoms with Gasteiger partial charge in [-0.1, -0.05) is 12.1 Å². The number of rotatable bonds is 5. The number of nitrogens with zero attached hydrogens (tertiary/aromatic N) is 1. The first kappa shape index (κ1) is 15.7. The molecule has 1 fully saturated rings. The summed E-state index contributed by atoms with van der Waals surface area (Å²) in [7, 11) is 0. The maximum atomic E-state index is 12.8. The molecule has 0 radical (unpaired) electrons. The van der Waals surface area contributed by atoms with Crippen molar-refractivity contribution in [1.29, 1.82) is 0 Å². The molecule has 22 heavy (non-hydrogen) atoms. The van der Waals surface area contributed by atoms with Crippen molar-refractivity contribution in [2.24, 2.45) is 0 Å². The molecule has 1 aliphatic heterocycles. The summed E-state index contributed by atoms with van der Waals surface area (Å²) in [6, 6.07) is 8.10. The Kier molecular flexibility index (Phi) is 4.96. The van der Waals surface area contributed by atoms with E-state index in [0.29, 0.717) is 6.42 Å². The smallest absolute Gasteiger partial charge is 0.230 e. The molecule has 118 valence electrons. The summed E-state index contributed by atoms with van der Waals surface area (Å²) in [6.07, 6.45) is 2.20. The number of hydrogen-bond donors (Lipinski definition) is 1. The van der Waals surface area contributed by atoms with E-state index in [1.54, 1.807) is 22.7 Å². The summed E-state index contributed by atoms with van der Waals surface area (Å²) < 4.78 is 0. The van der Waals surface area contributed by atoms with E-state index in [1.807, 2.05) is 46.8 Å². The number of carbonyl (C=O) groups excluding carboxylic acids is 1. The van der Waals surface area contributed by atoms with Crippen molar-refractivity contribution >= 4 is 28.6 Å². The molecule has 3 heterocycles. The third-order valence-electron chi connectivity index (χ3n) is 4.37. The molecular formula is C17H21NO2S2. The Hall–Kier alpha value is -1.17. The number of aliphatic hydroxyl groups is 1. The van der Waals surface area contributed by atoms with E-state index in [9.17, 15) is 9.90 Å². The molecule has 1 amide bonds. The topological polar surface area (TPSA) is 40.5 Å². The van der Waals surface area contributed by atoms with Crippen molar-refractivity contribution in [2.45, 2.75) is 44.2 Å². The van der Waals surface area contributed by atoms with Crippen molar-refractivity contribution in [3.05, 3.63) is 44.8 Å². The van der Waals surface area contributed by atoms with Gasteiger partial charge in [-0.15, -0.1) is 22.7 Å². The average molecular weight is 335 g/mol. The summed E-state index contributed by atoms with van der Waals surface area (Å²) in [4.78, 5) is 16.9. The first-order valence-corrected chi connectivity index (χ1v) is 9.48. The standard InChI is InChI=1S/C17H21NO2S2/c1-12(15-6-3-9-21-15)17(20)18-8-2-5-13(18)11-14(19)16-7-4-10-22-16/h3-4,6-7,9-10,12-14,19H,2,5,8,11H2,1H3/t12-,13+,14-/m0/s1. The van der Waals surface area contributed by atoms with Gasteiger partial charge in [-0.25, -0.2) is 0 Å². The Morgan fingerprint density at radius 3 is 2.64 bits per heavy atom. The fourth-order valence-corrected chi connectivity index (χ4v) is 4.63. The molecule has 0 aromatic carbocycles. The number of thiophene rings is 2. The molecule has 1 aliphatic rings. The third-order valence-corrected chi connectivity index (χ3v) is 6.40. The predicted octanol–water partition coefficient (Wildman–Crippen LogP) is 4.03. The van der Waals surface area contributed by atoms with Gasteiger partial charge in [0.15, 0.2) is 0 Å². The third kappa shape index (κ3) is 3.26. The van der Waals surface area contributed by atoms with Crippen LogP contribution in [0.5, 0.6) is 0 Å². The van der Waals surface area contributed by atoms with Crippen LogP contribution in [-0.2, 0) is 4.79 Å². The number of carbonyl (C=O) groups is 1. The summed E-state index contributed by atoms with van der Waals surface area (Å²) in [5.41, 5.74) is 0. The van der Waals surface area contributed by atoms with Crippen LogP contribution in [0.3, 0.4) is 0 Å². The number of aliphatic hydroxyl groups excluding tert-OH is 1. The van der Waals surface area contributed by atoms with Gasteiger partial charge < -0.3 is 10.0 Å². The normalized spacial score (nSPS) is 21.0. The van der Waals surface area contributed by atoms with Crippen LogP contribution in [0, 0.1) is 0 Å². The molecule has 1 saturated heterocycles. The molecule has 0 unspecified atom stereocenters. The largest absolute Gasteiger partial charge is 0.387 e. The lowest BCUT2D eigenvalue weighted by atomic mass is 10.0. The van der Waals surface area contributed by atoms with Gasteiger partial charge in [-0.2, -0.15) is 0 Å². The van der Waals surface area contributed by atoms with Gasteiger partial charge in [0, 0.05) is 22.3 Å². The predicted molar refractivity (Wildman–Crippen MR) is 91.4 cm³/mol. The first-order valence-electron chi connectivity index (χ1n) is 7.72. The fourth-order valence-electron chi connectivity index (χ4n) is 3.13. The molecule has 0 saturated carbocycles. The Balaban J connectivity index is 1.66. The summed E-state index contributed by atoms with van der Waals surface area (Å²) in [5, 5.41) is 14.4. The molecule has 3 nitrogen and oxygen atoms in total. The molecule has 3 atom stereocenters. The van der Waals surface area contributed by atoms with Gasteiger partial charge in [0.25, 0.3) is 0 Å². The zero-order chi connectivity index (χ0) is 15.5. The van der Waals surface area contributed by atoms with Crippen molar-refractivity contribution in [3.63, 3.8) is 0 Å². The fraction of sp³-hybridized carbons (Fsp3) is 0.471. The van der Waals surface area contributed by atoms with E-state index in [2.05, 4.69) is 0 Å². The molecular weight excluding hydrogens is 314 g/mol. The molecule has 3 rings (SSSR count). The minimum atomic E-state index is -0.463. The minimum Gasteiger partial charge on any atom is -0.387 e. The van der Waals surface area contributed by atoms with Gasteiger partial charge in [0.1, 0.15) is 0 Å². The lowest BCUT2D eigenvalue weighted by molar-refractivity contribution is -0.133. The number of hydrogen-bond acceptors (Lipinski definition) is 4. The highest BCUT2D eigenvalue weighted by Gasteiger charge is 2.33. The van der Waals surface area contributed by atoms with Crippen molar-refractivity contribution in [3.8, 4) is 0 Å². The molecule has 0 bridgehead atoms. The van der Waals surface area contributed by atoms with Gasteiger partial charge >= 0.3 is 0 Å². The van der Waals surface area contributed by atoms with Gasteiger partial charge in [0.05, 0.1) is 12.0 Å². The zero-order valence-electron chi connectivity index (χ0n) is 12.6. The van der Waals surface area contributed by atoms with Crippen LogP contribution >= 0.6 is 22.7 Å². The second-order valence-corrected chi connectivity index (χ2v) is 7.79. The van der Waals surface area contributed by atoms with E-state index < -0.39 is 6.10 Å². The van der Waals surface area contributed by atoms with Crippen LogP contribution in [0.15, 0.2) is 35.0 Å². The van der Waals surface area contributed by atoms with Crippen LogP contribution in [0.2, 0.25) is 0 Å². The van der Waals surface area contributed by atoms with Gasteiger partial charge in [0.2, 0.25) is 5.91 Å². The quantitative estimate of drug-likeness (QED) is 0.896. The molecule has 5 heteroatoms. The second kappa shape index (κ2) is 6.94. The van der Waals surface area contributed by atoms with E-state index in [1.165, 1.54) is 0 Å². The lowest BCUT2D eigenvalue weighted by Gasteiger charge is -2.28. The summed E-state index contributed by atoms with van der Waals surface area (Å²) in [5.74, 6) is 0.114. The first-order chi connectivity index (χ1) is 10.7. The van der Waals surface area contributed by atoms with Crippen molar-refractivity contribution in [1.82, 2.24) is 4.90 Å². The SMILES string of the molecule is C[C@H](C(=O)N1CCC[C@@H]1C[C@H](O)c1cccs1)c1cccs1. The van der Waals surface area contributed by atoms with Crippen molar-refractivity contribution in [2.75, 3.05) is 6.54 Å². The highest BCUT2D eigenvalue weighted by Crippen LogP contribution is 2.32. The van der Waals surface area contributed by atoms with E-state index >= 15 is 0 Å². The molecule has 2 aromatic heterocycles. The van der Waals surface area contributed by atoms with Crippen molar-refractivity contribution < 1.29 is 9.90 Å². The number of likely N-dealkylation sites (tertiary alicyclic amines) is 1. The van der Waals surface area contributed by atoms with E-state index in [4.69, 9.17) is 0 Å².